The molecule has 114 valence electrons. The predicted molar refractivity (Wildman–Crippen MR) is 81.6 cm³/mol. The first-order valence-electron chi connectivity index (χ1n) is 7.48. The molecule has 2 heterocycles. The molecule has 1 saturated carbocycles. The topological polar surface area (TPSA) is 60.0 Å². The van der Waals surface area contributed by atoms with Gasteiger partial charge < -0.3 is 5.73 Å². The van der Waals surface area contributed by atoms with E-state index in [1.165, 1.54) is 19.4 Å². The Bertz CT molecular complexity index is 433. The minimum Gasteiger partial charge on any atom is -0.327 e. The fraction of sp³-hybridized carbons (Fsp3) is 0.857. The van der Waals surface area contributed by atoms with E-state index in [1.54, 1.807) is 6.33 Å². The third kappa shape index (κ3) is 3.15. The van der Waals surface area contributed by atoms with E-state index >= 15 is 0 Å². The van der Waals surface area contributed by atoms with Crippen LogP contribution in [0, 0.1) is 17.8 Å². The summed E-state index contributed by atoms with van der Waals surface area (Å²) < 4.78 is 2.05. The summed E-state index contributed by atoms with van der Waals surface area (Å²) in [5.41, 5.74) is 6.19. The molecule has 0 amide bonds. The highest BCUT2D eigenvalue weighted by atomic mass is 35.5. The first-order valence-corrected chi connectivity index (χ1v) is 7.48. The first-order chi connectivity index (χ1) is 9.13. The molecule has 0 aromatic carbocycles. The largest absolute Gasteiger partial charge is 0.327 e. The van der Waals surface area contributed by atoms with Crippen molar-refractivity contribution in [2.24, 2.45) is 23.5 Å². The number of rotatable bonds is 4. The smallest absolute Gasteiger partial charge is 0.141 e. The van der Waals surface area contributed by atoms with Gasteiger partial charge in [-0.25, -0.2) is 9.67 Å². The molecule has 5 nitrogen and oxygen atoms in total. The molecule has 6 heteroatoms. The van der Waals surface area contributed by atoms with Crippen molar-refractivity contribution in [1.29, 1.82) is 0 Å². The van der Waals surface area contributed by atoms with Crippen LogP contribution in [-0.2, 0) is 13.1 Å². The Kier molecular flexibility index (Phi) is 5.04. The average molecular weight is 300 g/mol. The van der Waals surface area contributed by atoms with E-state index in [2.05, 4.69) is 33.5 Å². The van der Waals surface area contributed by atoms with Crippen molar-refractivity contribution in [3.63, 3.8) is 0 Å². The highest BCUT2D eigenvalue weighted by molar-refractivity contribution is 5.85. The van der Waals surface area contributed by atoms with E-state index in [9.17, 15) is 0 Å². The molecule has 1 saturated heterocycles. The maximum atomic E-state index is 6.19. The Morgan fingerprint density at radius 3 is 2.85 bits per heavy atom. The summed E-state index contributed by atoms with van der Waals surface area (Å²) in [6.45, 7) is 8.63. The minimum atomic E-state index is 0. The number of likely N-dealkylation sites (tertiary alicyclic amines) is 1. The van der Waals surface area contributed by atoms with Gasteiger partial charge in [-0.1, -0.05) is 13.8 Å². The standard InChI is InChI=1S/C14H25N5.ClH/c1-10(2)5-19-14(16-9-17-19)8-18-6-11-3-4-13(15)12(11)7-18;/h9-13H,3-8,15H2,1-2H3;1H. The van der Waals surface area contributed by atoms with Crippen molar-refractivity contribution < 1.29 is 0 Å². The summed E-state index contributed by atoms with van der Waals surface area (Å²) in [5, 5.41) is 4.34. The molecule has 2 fully saturated rings. The molecule has 3 unspecified atom stereocenters. The summed E-state index contributed by atoms with van der Waals surface area (Å²) in [7, 11) is 0. The molecule has 1 aromatic rings. The highest BCUT2D eigenvalue weighted by Crippen LogP contribution is 2.37. The Hall–Kier alpha value is -0.650. The molecule has 1 aromatic heterocycles. The molecule has 0 spiro atoms. The van der Waals surface area contributed by atoms with Crippen LogP contribution in [0.1, 0.15) is 32.5 Å². The average Bonchev–Trinajstić information content (AvgIpc) is 3.00. The molecule has 1 aliphatic heterocycles. The quantitative estimate of drug-likeness (QED) is 0.916. The number of halogens is 1. The number of aromatic nitrogens is 3. The predicted octanol–water partition coefficient (Wildman–Crippen LogP) is 1.52. The molecule has 0 radical (unpaired) electrons. The van der Waals surface area contributed by atoms with Crippen LogP contribution in [0.25, 0.3) is 0 Å². The van der Waals surface area contributed by atoms with Crippen molar-refractivity contribution >= 4 is 12.4 Å². The molecular weight excluding hydrogens is 274 g/mol. The van der Waals surface area contributed by atoms with E-state index < -0.39 is 0 Å². The second-order valence-corrected chi connectivity index (χ2v) is 6.61. The van der Waals surface area contributed by atoms with E-state index in [0.717, 1.165) is 31.4 Å². The fourth-order valence-electron chi connectivity index (χ4n) is 3.64. The monoisotopic (exact) mass is 299 g/mol. The van der Waals surface area contributed by atoms with Gasteiger partial charge in [-0.3, -0.25) is 4.90 Å². The lowest BCUT2D eigenvalue weighted by molar-refractivity contribution is 0.281. The Morgan fingerprint density at radius 1 is 1.35 bits per heavy atom. The maximum Gasteiger partial charge on any atom is 0.141 e. The van der Waals surface area contributed by atoms with Gasteiger partial charge in [-0.05, 0) is 30.6 Å². The molecule has 3 atom stereocenters. The first kappa shape index (κ1) is 15.7. The van der Waals surface area contributed by atoms with Crippen LogP contribution < -0.4 is 5.73 Å². The lowest BCUT2D eigenvalue weighted by atomic mass is 9.98. The summed E-state index contributed by atoms with van der Waals surface area (Å²) in [5.74, 6) is 3.23. The zero-order valence-electron chi connectivity index (χ0n) is 12.4. The molecule has 2 N–H and O–H groups in total. The number of fused-ring (bicyclic) bond motifs is 1. The zero-order valence-corrected chi connectivity index (χ0v) is 13.2. The second kappa shape index (κ2) is 6.41. The third-order valence-corrected chi connectivity index (χ3v) is 4.59. The number of hydrogen-bond acceptors (Lipinski definition) is 4. The summed E-state index contributed by atoms with van der Waals surface area (Å²) in [6, 6.07) is 0.420. The second-order valence-electron chi connectivity index (χ2n) is 6.61. The van der Waals surface area contributed by atoms with Crippen molar-refractivity contribution in [2.75, 3.05) is 13.1 Å². The zero-order chi connectivity index (χ0) is 13.4. The van der Waals surface area contributed by atoms with Crippen LogP contribution in [0.4, 0.5) is 0 Å². The van der Waals surface area contributed by atoms with Gasteiger partial charge in [0, 0.05) is 25.7 Å². The van der Waals surface area contributed by atoms with Crippen LogP contribution in [-0.4, -0.2) is 38.8 Å². The van der Waals surface area contributed by atoms with Crippen LogP contribution >= 0.6 is 12.4 Å². The Balaban J connectivity index is 0.00000147. The van der Waals surface area contributed by atoms with Gasteiger partial charge in [-0.2, -0.15) is 5.10 Å². The molecular formula is C14H26ClN5. The lowest BCUT2D eigenvalue weighted by Gasteiger charge is -2.18. The fourth-order valence-corrected chi connectivity index (χ4v) is 3.64. The Labute approximate surface area is 127 Å². The van der Waals surface area contributed by atoms with E-state index in [1.807, 2.05) is 0 Å². The van der Waals surface area contributed by atoms with Gasteiger partial charge >= 0.3 is 0 Å². The minimum absolute atomic E-state index is 0. The van der Waals surface area contributed by atoms with Crippen molar-refractivity contribution in [3.8, 4) is 0 Å². The van der Waals surface area contributed by atoms with Crippen molar-refractivity contribution in [2.45, 2.75) is 45.8 Å². The Morgan fingerprint density at radius 2 is 2.15 bits per heavy atom. The number of nitrogens with zero attached hydrogens (tertiary/aromatic N) is 4. The van der Waals surface area contributed by atoms with Gasteiger partial charge in [0.1, 0.15) is 12.2 Å². The van der Waals surface area contributed by atoms with Crippen LogP contribution in [0.2, 0.25) is 0 Å². The van der Waals surface area contributed by atoms with Crippen molar-refractivity contribution in [1.82, 2.24) is 19.7 Å². The normalized spacial score (nSPS) is 29.7. The molecule has 0 bridgehead atoms. The van der Waals surface area contributed by atoms with Crippen LogP contribution in [0.15, 0.2) is 6.33 Å². The van der Waals surface area contributed by atoms with Gasteiger partial charge in [-0.15, -0.1) is 12.4 Å². The SMILES string of the molecule is CC(C)Cn1ncnc1CN1CC2CCC(N)C2C1.Cl. The lowest BCUT2D eigenvalue weighted by Crippen LogP contribution is -2.30. The molecule has 20 heavy (non-hydrogen) atoms. The molecule has 3 rings (SSSR count). The molecule has 2 aliphatic rings. The van der Waals surface area contributed by atoms with Gasteiger partial charge in [0.2, 0.25) is 0 Å². The van der Waals surface area contributed by atoms with Crippen LogP contribution in [0.3, 0.4) is 0 Å². The third-order valence-electron chi connectivity index (χ3n) is 4.59. The van der Waals surface area contributed by atoms with Gasteiger partial charge in [0.05, 0.1) is 6.54 Å². The van der Waals surface area contributed by atoms with E-state index in [0.29, 0.717) is 17.9 Å². The summed E-state index contributed by atoms with van der Waals surface area (Å²) in [6.07, 6.45) is 4.20. The van der Waals surface area contributed by atoms with Crippen LogP contribution in [0.5, 0.6) is 0 Å². The van der Waals surface area contributed by atoms with E-state index in [4.69, 9.17) is 5.73 Å². The van der Waals surface area contributed by atoms with Crippen molar-refractivity contribution in [3.05, 3.63) is 12.2 Å². The molecule has 1 aliphatic carbocycles. The summed E-state index contributed by atoms with van der Waals surface area (Å²) in [4.78, 5) is 6.93. The van der Waals surface area contributed by atoms with Gasteiger partial charge in [0.15, 0.2) is 0 Å². The summed E-state index contributed by atoms with van der Waals surface area (Å²) >= 11 is 0. The maximum absolute atomic E-state index is 6.19. The van der Waals surface area contributed by atoms with E-state index in [-0.39, 0.29) is 12.4 Å². The number of hydrogen-bond donors (Lipinski definition) is 1. The van der Waals surface area contributed by atoms with Gasteiger partial charge in [0.25, 0.3) is 0 Å². The highest BCUT2D eigenvalue weighted by Gasteiger charge is 2.40. The number of nitrogens with two attached hydrogens (primary N) is 1.